The van der Waals surface area contributed by atoms with Crippen LogP contribution in [0.2, 0.25) is 0 Å². The number of fused-ring (bicyclic) bond motifs is 4. The van der Waals surface area contributed by atoms with Gasteiger partial charge in [-0.3, -0.25) is 0 Å². The Kier molecular flexibility index (Phi) is 12.9. The number of aromatic nitrogens is 2. The van der Waals surface area contributed by atoms with E-state index in [2.05, 4.69) is 241 Å². The van der Waals surface area contributed by atoms with E-state index >= 15 is 0 Å². The summed E-state index contributed by atoms with van der Waals surface area (Å²) < 4.78 is 9.16. The number of rotatable bonds is 9. The van der Waals surface area contributed by atoms with Gasteiger partial charge in [0.05, 0.1) is 0 Å². The molecule has 3 heterocycles. The van der Waals surface area contributed by atoms with Crippen molar-refractivity contribution in [1.29, 1.82) is 0 Å². The summed E-state index contributed by atoms with van der Waals surface area (Å²) in [5, 5.41) is 2.23. The Bertz CT molecular complexity index is 3250. The zero-order chi connectivity index (χ0) is 45.2. The topological polar surface area (TPSA) is 33.5 Å². The molecule has 9 aromatic rings. The molecule has 0 amide bonds. The van der Waals surface area contributed by atoms with E-state index in [1.807, 2.05) is 12.3 Å². The van der Waals surface area contributed by atoms with Gasteiger partial charge in [-0.15, -0.1) is 53.6 Å². The number of ether oxygens (including phenoxy) is 1. The molecule has 0 fully saturated rings. The molecule has 67 heavy (non-hydrogen) atoms. The third-order valence-electron chi connectivity index (χ3n) is 13.3. The molecule has 5 nitrogen and oxygen atoms in total. The monoisotopic (exact) mass is 1060 g/mol. The number of hydrogen-bond acceptors (Lipinski definition) is 4. The summed E-state index contributed by atoms with van der Waals surface area (Å²) >= 11 is 0. The minimum atomic E-state index is -0.192. The minimum absolute atomic E-state index is 0. The van der Waals surface area contributed by atoms with Crippen LogP contribution in [0.5, 0.6) is 11.5 Å². The zero-order valence-corrected chi connectivity index (χ0v) is 42.5. The summed E-state index contributed by atoms with van der Waals surface area (Å²) in [5.74, 6) is 2.37. The van der Waals surface area contributed by atoms with E-state index in [1.54, 1.807) is 0 Å². The molecule has 1 aliphatic heterocycles. The Labute approximate surface area is 412 Å². The van der Waals surface area contributed by atoms with Gasteiger partial charge in [0.25, 0.3) is 0 Å². The first-order valence-electron chi connectivity index (χ1n) is 22.7. The predicted molar refractivity (Wildman–Crippen MR) is 277 cm³/mol. The smallest absolute Gasteiger partial charge is 0.509 e. The second-order valence-corrected chi connectivity index (χ2v) is 19.4. The van der Waals surface area contributed by atoms with Gasteiger partial charge < -0.3 is 26.5 Å². The average molecular weight is 1060 g/mol. The van der Waals surface area contributed by atoms with E-state index in [0.717, 1.165) is 55.9 Å². The third-order valence-corrected chi connectivity index (χ3v) is 13.3. The van der Waals surface area contributed by atoms with Gasteiger partial charge in [-0.25, -0.2) is 4.98 Å². The van der Waals surface area contributed by atoms with Crippen LogP contribution in [0.4, 0.5) is 22.7 Å². The number of benzene rings is 7. The van der Waals surface area contributed by atoms with Gasteiger partial charge in [0.2, 0.25) is 0 Å². The summed E-state index contributed by atoms with van der Waals surface area (Å²) in [6, 6.07) is 61.8. The van der Waals surface area contributed by atoms with Gasteiger partial charge in [-0.1, -0.05) is 139 Å². The molecule has 2 aromatic heterocycles. The van der Waals surface area contributed by atoms with Gasteiger partial charge in [0, 0.05) is 45.7 Å². The van der Waals surface area contributed by atoms with Crippen LogP contribution >= 0.6 is 0 Å². The molecule has 0 bridgehead atoms. The number of anilines is 4. The van der Waals surface area contributed by atoms with E-state index in [0.29, 0.717) is 17.4 Å². The van der Waals surface area contributed by atoms with Crippen molar-refractivity contribution in [1.82, 2.24) is 9.55 Å². The van der Waals surface area contributed by atoms with E-state index in [1.165, 1.54) is 38.9 Å². The molecule has 0 radical (unpaired) electrons. The number of para-hydroxylation sites is 1. The van der Waals surface area contributed by atoms with Crippen LogP contribution in [0.15, 0.2) is 158 Å². The fourth-order valence-corrected chi connectivity index (χ4v) is 9.30. The summed E-state index contributed by atoms with van der Waals surface area (Å²) in [7, 11) is 0. The first kappa shape index (κ1) is 47.1. The molecule has 0 unspecified atom stereocenters. The molecular formula is C61H58N4OPt. The van der Waals surface area contributed by atoms with E-state index < -0.39 is 0 Å². The molecule has 338 valence electrons. The van der Waals surface area contributed by atoms with Crippen molar-refractivity contribution < 1.29 is 25.8 Å². The molecule has 7 aromatic carbocycles. The molecule has 0 spiro atoms. The predicted octanol–water partition coefficient (Wildman–Crippen LogP) is 16.5. The first-order valence-corrected chi connectivity index (χ1v) is 22.7. The number of nitrogens with zero attached hydrogens (tertiary/aromatic N) is 4. The Morgan fingerprint density at radius 3 is 2.04 bits per heavy atom. The summed E-state index contributed by atoms with van der Waals surface area (Å²) in [4.78, 5) is 9.49. The van der Waals surface area contributed by atoms with Crippen LogP contribution in [0, 0.1) is 40.1 Å². The Hall–Kier alpha value is -6.42. The van der Waals surface area contributed by atoms with E-state index in [4.69, 9.17) is 9.72 Å². The molecule has 0 saturated heterocycles. The fraction of sp³-hybridized carbons (Fsp3) is 0.197. The van der Waals surface area contributed by atoms with E-state index in [9.17, 15) is 0 Å². The standard InChI is InChI=1S/C60H55N4O.CH3.Pt/c1-39(2)50-22-13-14-23-51(50)42-32-47(63-38-62(56-30-40(3)41(4)31-57(56)63)46-21-17-20-45(34-46)60(8,9)43-18-11-10-12-19-43)36-49(33-42)65-48-26-27-53-52-24-15-16-25-54(52)64(55(53)37-48)58-35-44(28-29-61-58)59(5,6)7;;/h10-35,38-39H,1-9H3;1H3;/q-3;-1;+4. The van der Waals surface area contributed by atoms with Crippen LogP contribution in [0.1, 0.15) is 87.8 Å². The number of hydrogen-bond donors (Lipinski definition) is 0. The van der Waals surface area contributed by atoms with Crippen molar-refractivity contribution >= 4 is 44.6 Å². The molecule has 0 aliphatic carbocycles. The summed E-state index contributed by atoms with van der Waals surface area (Å²) in [6.07, 6.45) is 1.91. The molecular weight excluding hydrogens is 1000 g/mol. The van der Waals surface area contributed by atoms with Crippen LogP contribution in [0.3, 0.4) is 0 Å². The normalized spacial score (nSPS) is 12.6. The summed E-state index contributed by atoms with van der Waals surface area (Å²) in [5.41, 5.74) is 15.6. The maximum absolute atomic E-state index is 6.95. The quantitative estimate of drug-likeness (QED) is 0.135. The van der Waals surface area contributed by atoms with Crippen LogP contribution < -0.4 is 14.5 Å². The molecule has 0 atom stereocenters. The SMILES string of the molecule is Cc1cc2c(cc1C)N(c1cccc(C(C)(C)c3ccccc3)c1)[CH-]N2c1[c-]c(Oc2[c-]c3c(cc2)c2ccccc2n3-c2cc(C(C)(C)C)ccn2)cc(-c2ccccc2C(C)C)c1.[CH3-].[Pt+4]. The van der Waals surface area contributed by atoms with Gasteiger partial charge in [0.1, 0.15) is 5.82 Å². The van der Waals surface area contributed by atoms with Crippen LogP contribution in [-0.2, 0) is 31.9 Å². The third kappa shape index (κ3) is 8.71. The van der Waals surface area contributed by atoms with Crippen molar-refractivity contribution in [3.63, 3.8) is 0 Å². The first-order chi connectivity index (χ1) is 31.2. The van der Waals surface area contributed by atoms with Crippen molar-refractivity contribution in [2.24, 2.45) is 0 Å². The van der Waals surface area contributed by atoms with Crippen molar-refractivity contribution in [2.45, 2.75) is 79.1 Å². The second-order valence-electron chi connectivity index (χ2n) is 19.4. The maximum atomic E-state index is 6.95. The number of aryl methyl sites for hydroxylation is 2. The average Bonchev–Trinajstić information content (AvgIpc) is 3.84. The van der Waals surface area contributed by atoms with Gasteiger partial charge >= 0.3 is 21.1 Å². The van der Waals surface area contributed by atoms with Crippen LogP contribution in [-0.4, -0.2) is 9.55 Å². The van der Waals surface area contributed by atoms with Crippen molar-refractivity contribution in [3.8, 4) is 28.4 Å². The Balaban J connectivity index is 0.00000304. The molecule has 0 saturated carbocycles. The van der Waals surface area contributed by atoms with E-state index in [-0.39, 0.29) is 39.3 Å². The Morgan fingerprint density at radius 1 is 0.612 bits per heavy atom. The molecule has 0 N–H and O–H groups in total. The second kappa shape index (κ2) is 18.3. The van der Waals surface area contributed by atoms with Crippen molar-refractivity contribution in [3.05, 3.63) is 217 Å². The van der Waals surface area contributed by atoms with Crippen molar-refractivity contribution in [2.75, 3.05) is 9.80 Å². The largest absolute Gasteiger partial charge is 4.00 e. The summed E-state index contributed by atoms with van der Waals surface area (Å²) in [6.45, 7) is 22.4. The Morgan fingerprint density at radius 2 is 1.30 bits per heavy atom. The van der Waals surface area contributed by atoms with Gasteiger partial charge in [-0.2, -0.15) is 6.07 Å². The minimum Gasteiger partial charge on any atom is -0.509 e. The zero-order valence-electron chi connectivity index (χ0n) is 40.2. The molecule has 6 heteroatoms. The maximum Gasteiger partial charge on any atom is 4.00 e. The fourth-order valence-electron chi connectivity index (χ4n) is 9.30. The molecule has 10 rings (SSSR count). The molecule has 1 aliphatic rings. The number of pyridine rings is 1. The van der Waals surface area contributed by atoms with Crippen LogP contribution in [0.25, 0.3) is 38.8 Å². The van der Waals surface area contributed by atoms with Gasteiger partial charge in [-0.05, 0) is 112 Å². The van der Waals surface area contributed by atoms with Gasteiger partial charge in [0.15, 0.2) is 0 Å².